The number of rotatable bonds is 6. The van der Waals surface area contributed by atoms with Crippen LogP contribution in [0.25, 0.3) is 11.1 Å². The van der Waals surface area contributed by atoms with Crippen molar-refractivity contribution in [3.8, 4) is 16.9 Å². The van der Waals surface area contributed by atoms with E-state index in [4.69, 9.17) is 9.47 Å². The molecule has 0 aliphatic carbocycles. The zero-order valence-corrected chi connectivity index (χ0v) is 26.5. The number of hydrogen-bond acceptors (Lipinski definition) is 6. The number of aryl methyl sites for hydroxylation is 2. The average molecular weight is 632 g/mol. The van der Waals surface area contributed by atoms with Gasteiger partial charge in [-0.05, 0) is 92.8 Å². The number of hydrogen-bond donors (Lipinski definition) is 0. The van der Waals surface area contributed by atoms with Gasteiger partial charge in [0.15, 0.2) is 5.78 Å². The largest absolute Gasteiger partial charge is 0.491 e. The number of fused-ring (bicyclic) bond motifs is 1. The zero-order chi connectivity index (χ0) is 33.3. The molecular formula is C35H35F2N3O6. The van der Waals surface area contributed by atoms with Crippen molar-refractivity contribution in [3.63, 3.8) is 0 Å². The molecule has 3 aromatic carbocycles. The van der Waals surface area contributed by atoms with E-state index in [1.807, 2.05) is 6.07 Å². The molecule has 0 spiro atoms. The lowest BCUT2D eigenvalue weighted by atomic mass is 9.85. The Labute approximate surface area is 265 Å². The van der Waals surface area contributed by atoms with Gasteiger partial charge >= 0.3 is 12.1 Å². The first-order valence-corrected chi connectivity index (χ1v) is 14.7. The number of amides is 1. The molecule has 1 aromatic heterocycles. The van der Waals surface area contributed by atoms with Crippen molar-refractivity contribution in [2.45, 2.75) is 46.3 Å². The number of Topliss-reactive ketones (excluding diaryl/α,β-unsaturated/α-hetero) is 1. The summed E-state index contributed by atoms with van der Waals surface area (Å²) in [5.41, 5.74) is 3.00. The Kier molecular flexibility index (Phi) is 8.96. The van der Waals surface area contributed by atoms with Crippen LogP contribution in [0, 0.1) is 24.5 Å². The SMILES string of the molecule is COC(=O)c1cc(C[C@H]2COc3c(cc(Cn4ccn(C)c4=NC(=O)OC(C)(C)C)cc3-c3ccc(F)cc3C)C2=O)ccc1F. The van der Waals surface area contributed by atoms with Crippen molar-refractivity contribution in [3.05, 3.63) is 106 Å². The number of methoxy groups -OCH3 is 1. The van der Waals surface area contributed by atoms with Crippen molar-refractivity contribution in [2.24, 2.45) is 18.0 Å². The molecule has 1 atom stereocenters. The molecule has 9 nitrogen and oxygen atoms in total. The van der Waals surface area contributed by atoms with Crippen LogP contribution in [0.1, 0.15) is 58.2 Å². The first-order valence-electron chi connectivity index (χ1n) is 14.7. The summed E-state index contributed by atoms with van der Waals surface area (Å²) >= 11 is 0. The van der Waals surface area contributed by atoms with Gasteiger partial charge in [0.05, 0.1) is 37.3 Å². The Morgan fingerprint density at radius 2 is 1.74 bits per heavy atom. The summed E-state index contributed by atoms with van der Waals surface area (Å²) in [6.45, 7) is 7.34. The van der Waals surface area contributed by atoms with E-state index in [2.05, 4.69) is 9.73 Å². The second-order valence-electron chi connectivity index (χ2n) is 12.3. The van der Waals surface area contributed by atoms with Crippen LogP contribution in [0.5, 0.6) is 5.75 Å². The predicted octanol–water partition coefficient (Wildman–Crippen LogP) is 6.18. The van der Waals surface area contributed by atoms with Gasteiger partial charge in [0, 0.05) is 25.0 Å². The minimum atomic E-state index is -0.809. The molecule has 0 saturated carbocycles. The van der Waals surface area contributed by atoms with E-state index < -0.39 is 29.4 Å². The highest BCUT2D eigenvalue weighted by Gasteiger charge is 2.32. The maximum Gasteiger partial charge on any atom is 0.437 e. The second kappa shape index (κ2) is 12.7. The van der Waals surface area contributed by atoms with Gasteiger partial charge < -0.3 is 23.3 Å². The standard InChI is InChI=1S/C35H35F2N3O6/c1-20-13-24(36)8-9-25(20)26-16-22(18-40-12-11-39(5)33(40)38-34(43)46-35(2,3)4)17-28-30(41)23(19-45-31(26)28)14-21-7-10-29(37)27(15-21)32(42)44-6/h7-13,15-17,23H,14,18-19H2,1-6H3/t23-/m0/s1. The third kappa shape index (κ3) is 6.93. The lowest BCUT2D eigenvalue weighted by Crippen LogP contribution is -2.31. The molecule has 0 radical (unpaired) electrons. The van der Waals surface area contributed by atoms with Crippen LogP contribution < -0.4 is 10.4 Å². The molecule has 0 fully saturated rings. The van der Waals surface area contributed by atoms with Crippen molar-refractivity contribution in [1.29, 1.82) is 0 Å². The van der Waals surface area contributed by atoms with E-state index in [1.165, 1.54) is 37.4 Å². The molecule has 0 bridgehead atoms. The van der Waals surface area contributed by atoms with Crippen molar-refractivity contribution in [1.82, 2.24) is 9.13 Å². The van der Waals surface area contributed by atoms with Gasteiger partial charge in [-0.15, -0.1) is 4.99 Å². The molecule has 46 heavy (non-hydrogen) atoms. The molecule has 1 aliphatic heterocycles. The quantitative estimate of drug-likeness (QED) is 0.236. The van der Waals surface area contributed by atoms with Crippen LogP contribution in [0.15, 0.2) is 65.9 Å². The molecule has 0 saturated heterocycles. The third-order valence-electron chi connectivity index (χ3n) is 7.59. The summed E-state index contributed by atoms with van der Waals surface area (Å²) in [6, 6.07) is 12.1. The Bertz CT molecular complexity index is 1920. The summed E-state index contributed by atoms with van der Waals surface area (Å²) in [5, 5.41) is 0. The molecule has 1 amide bonds. The van der Waals surface area contributed by atoms with Gasteiger partial charge in [0.1, 0.15) is 23.0 Å². The summed E-state index contributed by atoms with van der Waals surface area (Å²) in [5.74, 6) is -2.34. The van der Waals surface area contributed by atoms with Crippen molar-refractivity contribution < 1.29 is 37.4 Å². The number of carbonyl (C=O) groups excluding carboxylic acids is 3. The fourth-order valence-electron chi connectivity index (χ4n) is 5.48. The number of aromatic nitrogens is 2. The Morgan fingerprint density at radius 3 is 2.43 bits per heavy atom. The number of carbonyl (C=O) groups is 3. The van der Waals surface area contributed by atoms with E-state index in [9.17, 15) is 23.2 Å². The van der Waals surface area contributed by atoms with E-state index in [-0.39, 0.29) is 36.7 Å². The summed E-state index contributed by atoms with van der Waals surface area (Å²) in [7, 11) is 2.92. The lowest BCUT2D eigenvalue weighted by Gasteiger charge is -2.27. The normalized spacial score (nSPS) is 14.9. The molecule has 240 valence electrons. The van der Waals surface area contributed by atoms with Crippen LogP contribution in [0.4, 0.5) is 13.6 Å². The fourth-order valence-corrected chi connectivity index (χ4v) is 5.48. The zero-order valence-electron chi connectivity index (χ0n) is 26.5. The van der Waals surface area contributed by atoms with Crippen LogP contribution in [-0.4, -0.2) is 46.3 Å². The average Bonchev–Trinajstić information content (AvgIpc) is 3.31. The monoisotopic (exact) mass is 631 g/mol. The summed E-state index contributed by atoms with van der Waals surface area (Å²) in [4.78, 5) is 42.8. The first kappa shape index (κ1) is 32.3. The number of ether oxygens (including phenoxy) is 3. The van der Waals surface area contributed by atoms with E-state index in [0.717, 1.165) is 0 Å². The maximum absolute atomic E-state index is 14.3. The van der Waals surface area contributed by atoms with Gasteiger partial charge in [-0.25, -0.2) is 18.4 Å². The minimum Gasteiger partial charge on any atom is -0.491 e. The van der Waals surface area contributed by atoms with Crippen LogP contribution in [0.2, 0.25) is 0 Å². The molecule has 0 N–H and O–H groups in total. The molecule has 2 heterocycles. The van der Waals surface area contributed by atoms with Crippen molar-refractivity contribution in [2.75, 3.05) is 13.7 Å². The van der Waals surface area contributed by atoms with Crippen LogP contribution >= 0.6 is 0 Å². The van der Waals surface area contributed by atoms with Crippen LogP contribution in [-0.2, 0) is 29.5 Å². The Balaban J connectivity index is 1.56. The van der Waals surface area contributed by atoms with Gasteiger partial charge in [-0.3, -0.25) is 4.79 Å². The van der Waals surface area contributed by atoms with Gasteiger partial charge in [-0.2, -0.15) is 0 Å². The van der Waals surface area contributed by atoms with E-state index in [1.54, 1.807) is 68.4 Å². The number of imidazole rings is 1. The molecule has 4 aromatic rings. The number of nitrogens with zero attached hydrogens (tertiary/aromatic N) is 3. The highest BCUT2D eigenvalue weighted by Crippen LogP contribution is 2.41. The molecular weight excluding hydrogens is 596 g/mol. The van der Waals surface area contributed by atoms with Gasteiger partial charge in [0.2, 0.25) is 5.62 Å². The fraction of sp³-hybridized carbons (Fsp3) is 0.314. The van der Waals surface area contributed by atoms with Crippen LogP contribution in [0.3, 0.4) is 0 Å². The lowest BCUT2D eigenvalue weighted by molar-refractivity contribution is 0.0584. The maximum atomic E-state index is 14.3. The van der Waals surface area contributed by atoms with E-state index >= 15 is 0 Å². The number of esters is 1. The molecule has 0 unspecified atom stereocenters. The third-order valence-corrected chi connectivity index (χ3v) is 7.59. The molecule has 5 rings (SSSR count). The Hall–Kier alpha value is -5.06. The molecule has 11 heteroatoms. The van der Waals surface area contributed by atoms with Gasteiger partial charge in [0.25, 0.3) is 0 Å². The summed E-state index contributed by atoms with van der Waals surface area (Å²) < 4.78 is 48.1. The minimum absolute atomic E-state index is 0.0513. The Morgan fingerprint density at radius 1 is 1.00 bits per heavy atom. The predicted molar refractivity (Wildman–Crippen MR) is 166 cm³/mol. The number of benzene rings is 3. The number of ketones is 1. The number of halogens is 2. The summed E-state index contributed by atoms with van der Waals surface area (Å²) in [6.07, 6.45) is 2.98. The molecule has 1 aliphatic rings. The topological polar surface area (TPSA) is 101 Å². The van der Waals surface area contributed by atoms with Crippen molar-refractivity contribution >= 4 is 17.8 Å². The van der Waals surface area contributed by atoms with E-state index in [0.29, 0.717) is 44.7 Å². The highest BCUT2D eigenvalue weighted by atomic mass is 19.1. The smallest absolute Gasteiger partial charge is 0.437 e. The second-order valence-corrected chi connectivity index (χ2v) is 12.3. The van der Waals surface area contributed by atoms with Gasteiger partial charge in [-0.1, -0.05) is 12.1 Å². The first-order chi connectivity index (χ1) is 21.7. The highest BCUT2D eigenvalue weighted by molar-refractivity contribution is 6.04.